The highest BCUT2D eigenvalue weighted by atomic mass is 32.2. The summed E-state index contributed by atoms with van der Waals surface area (Å²) in [6, 6.07) is 3.15. The lowest BCUT2D eigenvalue weighted by Gasteiger charge is -2.03. The van der Waals surface area contributed by atoms with Crippen LogP contribution in [-0.2, 0) is 10.0 Å². The lowest BCUT2D eigenvalue weighted by Crippen LogP contribution is -2.18. The Morgan fingerprint density at radius 3 is 2.76 bits per heavy atom. The van der Waals surface area contributed by atoms with E-state index < -0.39 is 15.0 Å². The van der Waals surface area contributed by atoms with Crippen molar-refractivity contribution in [2.24, 2.45) is 5.14 Å². The highest BCUT2D eigenvalue weighted by molar-refractivity contribution is 7.89. The molecular weight excluding hydrogens is 244 g/mol. The van der Waals surface area contributed by atoms with Crippen LogP contribution in [0.25, 0.3) is 5.82 Å². The summed E-state index contributed by atoms with van der Waals surface area (Å²) in [6.45, 7) is 0. The monoisotopic (exact) mass is 250 g/mol. The van der Waals surface area contributed by atoms with Gasteiger partial charge in [0, 0.05) is 12.3 Å². The summed E-state index contributed by atoms with van der Waals surface area (Å²) in [4.78, 5) is 7.52. The van der Waals surface area contributed by atoms with Crippen LogP contribution >= 0.6 is 0 Å². The molecule has 0 spiro atoms. The summed E-state index contributed by atoms with van der Waals surface area (Å²) in [5.41, 5.74) is -0.133. The van der Waals surface area contributed by atoms with Gasteiger partial charge in [-0.25, -0.2) is 28.2 Å². The Bertz CT molecular complexity index is 685. The predicted molar refractivity (Wildman–Crippen MR) is 55.2 cm³/mol. The number of nitrogens with two attached hydrogens (primary N) is 1. The third-order valence-electron chi connectivity index (χ3n) is 1.90. The van der Waals surface area contributed by atoms with Gasteiger partial charge >= 0.3 is 0 Å². The number of hydrogen-bond acceptors (Lipinski definition) is 6. The smallest absolute Gasteiger partial charge is 0.245 e. The third-order valence-corrected chi connectivity index (χ3v) is 2.83. The van der Waals surface area contributed by atoms with Crippen LogP contribution in [0.3, 0.4) is 0 Å². The quantitative estimate of drug-likeness (QED) is 0.741. The molecular formula is C8H6N6O2S. The average molecular weight is 250 g/mol. The van der Waals surface area contributed by atoms with Crippen LogP contribution in [0.5, 0.6) is 0 Å². The standard InChI is InChI=1S/C8H6N6O2S/c9-3-6-4-13-14(8(6)17(10,15)16)7-1-2-11-5-12-7/h1-2,4-5H,(H2,10,15,16). The van der Waals surface area contributed by atoms with Gasteiger partial charge in [-0.15, -0.1) is 0 Å². The van der Waals surface area contributed by atoms with Gasteiger partial charge in [-0.05, 0) is 0 Å². The van der Waals surface area contributed by atoms with Gasteiger partial charge in [-0.3, -0.25) is 0 Å². The molecule has 0 atom stereocenters. The fraction of sp³-hybridized carbons (Fsp3) is 0. The molecule has 8 nitrogen and oxygen atoms in total. The van der Waals surface area contributed by atoms with E-state index in [-0.39, 0.29) is 11.4 Å². The molecule has 0 fully saturated rings. The molecule has 17 heavy (non-hydrogen) atoms. The summed E-state index contributed by atoms with van der Waals surface area (Å²) in [6.07, 6.45) is 3.76. The summed E-state index contributed by atoms with van der Waals surface area (Å²) in [7, 11) is -4.06. The molecule has 0 saturated heterocycles. The van der Waals surface area contributed by atoms with Crippen molar-refractivity contribution in [2.75, 3.05) is 0 Å². The summed E-state index contributed by atoms with van der Waals surface area (Å²) < 4.78 is 23.8. The van der Waals surface area contributed by atoms with Gasteiger partial charge in [0.05, 0.1) is 6.20 Å². The van der Waals surface area contributed by atoms with E-state index in [0.717, 1.165) is 10.9 Å². The fourth-order valence-corrected chi connectivity index (χ4v) is 2.05. The van der Waals surface area contributed by atoms with E-state index >= 15 is 0 Å². The maximum atomic E-state index is 11.4. The van der Waals surface area contributed by atoms with E-state index in [1.165, 1.54) is 18.6 Å². The molecule has 0 amide bonds. The molecule has 2 heterocycles. The zero-order chi connectivity index (χ0) is 12.5. The number of hydrogen-bond donors (Lipinski definition) is 1. The van der Waals surface area contributed by atoms with Gasteiger partial charge in [0.1, 0.15) is 18.0 Å². The Morgan fingerprint density at radius 2 is 2.24 bits per heavy atom. The maximum absolute atomic E-state index is 11.4. The molecule has 0 aromatic carbocycles. The first-order valence-electron chi connectivity index (χ1n) is 4.31. The van der Waals surface area contributed by atoms with E-state index in [0.29, 0.717) is 0 Å². The van der Waals surface area contributed by atoms with Crippen LogP contribution in [-0.4, -0.2) is 28.2 Å². The van der Waals surface area contributed by atoms with Gasteiger partial charge in [0.25, 0.3) is 10.0 Å². The molecule has 2 N–H and O–H groups in total. The minimum Gasteiger partial charge on any atom is -0.245 e. The van der Waals surface area contributed by atoms with Crippen LogP contribution in [0.15, 0.2) is 29.8 Å². The number of sulfonamides is 1. The Labute approximate surface area is 96.4 Å². The van der Waals surface area contributed by atoms with Gasteiger partial charge in [-0.2, -0.15) is 10.4 Å². The first kappa shape index (κ1) is 11.2. The molecule has 9 heteroatoms. The molecule has 0 radical (unpaired) electrons. The number of rotatable bonds is 2. The number of nitrogens with zero attached hydrogens (tertiary/aromatic N) is 5. The molecule has 0 saturated carbocycles. The Balaban J connectivity index is 2.74. The van der Waals surface area contributed by atoms with Crippen molar-refractivity contribution in [1.29, 1.82) is 5.26 Å². The molecule has 0 aliphatic rings. The Kier molecular flexibility index (Phi) is 2.58. The first-order valence-corrected chi connectivity index (χ1v) is 5.86. The average Bonchev–Trinajstić information content (AvgIpc) is 2.73. The number of primary sulfonamides is 1. The summed E-state index contributed by atoms with van der Waals surface area (Å²) in [5, 5.41) is 17.2. The van der Waals surface area contributed by atoms with Gasteiger partial charge in [-0.1, -0.05) is 0 Å². The minimum absolute atomic E-state index is 0.133. The van der Waals surface area contributed by atoms with Crippen molar-refractivity contribution in [3.05, 3.63) is 30.4 Å². The first-order chi connectivity index (χ1) is 8.04. The third kappa shape index (κ3) is 1.99. The van der Waals surface area contributed by atoms with E-state index in [9.17, 15) is 8.42 Å². The topological polar surface area (TPSA) is 128 Å². The zero-order valence-corrected chi connectivity index (χ0v) is 9.16. The molecule has 0 aliphatic heterocycles. The van der Waals surface area contributed by atoms with Gasteiger partial charge in [0.2, 0.25) is 0 Å². The van der Waals surface area contributed by atoms with Crippen molar-refractivity contribution in [3.8, 4) is 11.9 Å². The molecule has 0 bridgehead atoms. The Morgan fingerprint density at radius 1 is 1.47 bits per heavy atom. The second-order valence-electron chi connectivity index (χ2n) is 3.00. The largest absolute Gasteiger partial charge is 0.257 e. The van der Waals surface area contributed by atoms with Crippen molar-refractivity contribution < 1.29 is 8.42 Å². The van der Waals surface area contributed by atoms with Crippen LogP contribution < -0.4 is 5.14 Å². The Hall–Kier alpha value is -2.31. The number of nitriles is 1. The maximum Gasteiger partial charge on any atom is 0.257 e. The summed E-state index contributed by atoms with van der Waals surface area (Å²) >= 11 is 0. The zero-order valence-electron chi connectivity index (χ0n) is 8.35. The fourth-order valence-electron chi connectivity index (χ4n) is 1.26. The van der Waals surface area contributed by atoms with Crippen LogP contribution in [0.4, 0.5) is 0 Å². The van der Waals surface area contributed by atoms with Crippen molar-refractivity contribution >= 4 is 10.0 Å². The van der Waals surface area contributed by atoms with Crippen LogP contribution in [0, 0.1) is 11.3 Å². The molecule has 2 rings (SSSR count). The van der Waals surface area contributed by atoms with E-state index in [1.54, 1.807) is 6.07 Å². The molecule has 2 aromatic rings. The lowest BCUT2D eigenvalue weighted by atomic mass is 10.4. The second-order valence-corrected chi connectivity index (χ2v) is 4.48. The van der Waals surface area contributed by atoms with Crippen molar-refractivity contribution in [1.82, 2.24) is 19.7 Å². The molecule has 0 unspecified atom stereocenters. The predicted octanol–water partition coefficient (Wildman–Crippen LogP) is -0.819. The number of aromatic nitrogens is 4. The molecule has 86 valence electrons. The van der Waals surface area contributed by atoms with Crippen molar-refractivity contribution in [2.45, 2.75) is 5.03 Å². The molecule has 2 aromatic heterocycles. The van der Waals surface area contributed by atoms with Crippen LogP contribution in [0.1, 0.15) is 5.56 Å². The van der Waals surface area contributed by atoms with E-state index in [1.807, 2.05) is 0 Å². The van der Waals surface area contributed by atoms with Gasteiger partial charge in [0.15, 0.2) is 10.8 Å². The van der Waals surface area contributed by atoms with Gasteiger partial charge < -0.3 is 0 Å². The lowest BCUT2D eigenvalue weighted by molar-refractivity contribution is 0.586. The van der Waals surface area contributed by atoms with Crippen molar-refractivity contribution in [3.63, 3.8) is 0 Å². The SMILES string of the molecule is N#Cc1cnn(-c2ccncn2)c1S(N)(=O)=O. The summed E-state index contributed by atoms with van der Waals surface area (Å²) in [5.74, 6) is 0.213. The normalized spacial score (nSPS) is 11.1. The highest BCUT2D eigenvalue weighted by Crippen LogP contribution is 2.16. The van der Waals surface area contributed by atoms with E-state index in [2.05, 4.69) is 15.1 Å². The van der Waals surface area contributed by atoms with E-state index in [4.69, 9.17) is 10.4 Å². The molecule has 0 aliphatic carbocycles. The highest BCUT2D eigenvalue weighted by Gasteiger charge is 2.22. The van der Waals surface area contributed by atoms with Crippen LogP contribution in [0.2, 0.25) is 0 Å². The second kappa shape index (κ2) is 3.93. The minimum atomic E-state index is -4.06.